The van der Waals surface area contributed by atoms with Crippen LogP contribution < -0.4 is 4.74 Å². The fourth-order valence-electron chi connectivity index (χ4n) is 1.92. The highest BCUT2D eigenvalue weighted by atomic mass is 16.5. The van der Waals surface area contributed by atoms with Crippen molar-refractivity contribution in [1.29, 1.82) is 0 Å². The van der Waals surface area contributed by atoms with Crippen LogP contribution in [-0.2, 0) is 0 Å². The number of carbonyl (C=O) groups excluding carboxylic acids is 1. The summed E-state index contributed by atoms with van der Waals surface area (Å²) in [5.41, 5.74) is 0.709. The largest absolute Gasteiger partial charge is 0.493 e. The van der Waals surface area contributed by atoms with Crippen molar-refractivity contribution >= 4 is 16.6 Å². The maximum absolute atomic E-state index is 11.5. The van der Waals surface area contributed by atoms with E-state index in [2.05, 4.69) is 6.92 Å². The third-order valence-corrected chi connectivity index (χ3v) is 2.99. The molecular weight excluding hydrogens is 224 g/mol. The Hall–Kier alpha value is -1.83. The summed E-state index contributed by atoms with van der Waals surface area (Å²) in [7, 11) is 0. The molecule has 0 unspecified atom stereocenters. The molecule has 0 N–H and O–H groups in total. The molecule has 0 bridgehead atoms. The van der Waals surface area contributed by atoms with E-state index in [0.717, 1.165) is 29.4 Å². The van der Waals surface area contributed by atoms with Crippen molar-refractivity contribution in [2.75, 3.05) is 6.61 Å². The van der Waals surface area contributed by atoms with Gasteiger partial charge in [0, 0.05) is 10.9 Å². The zero-order valence-corrected chi connectivity index (χ0v) is 10.9. The van der Waals surface area contributed by atoms with Gasteiger partial charge in [0.2, 0.25) is 0 Å². The molecule has 0 fully saturated rings. The number of rotatable bonds is 5. The first-order valence-corrected chi connectivity index (χ1v) is 6.39. The second-order valence-electron chi connectivity index (χ2n) is 4.45. The van der Waals surface area contributed by atoms with Gasteiger partial charge in [0.1, 0.15) is 5.75 Å². The summed E-state index contributed by atoms with van der Waals surface area (Å²) in [6, 6.07) is 11.8. The first-order valence-electron chi connectivity index (χ1n) is 6.39. The van der Waals surface area contributed by atoms with Gasteiger partial charge in [0.25, 0.3) is 0 Å². The van der Waals surface area contributed by atoms with Gasteiger partial charge in [-0.1, -0.05) is 37.6 Å². The smallest absolute Gasteiger partial charge is 0.159 e. The molecule has 0 atom stereocenters. The molecule has 94 valence electrons. The van der Waals surface area contributed by atoms with Crippen LogP contribution in [0.3, 0.4) is 0 Å². The van der Waals surface area contributed by atoms with Gasteiger partial charge in [-0.2, -0.15) is 0 Å². The zero-order chi connectivity index (χ0) is 13.0. The molecule has 0 aliphatic rings. The van der Waals surface area contributed by atoms with Crippen LogP contribution in [0.2, 0.25) is 0 Å². The average Bonchev–Trinajstić information content (AvgIpc) is 2.38. The molecule has 0 aromatic heterocycles. The molecule has 0 aliphatic carbocycles. The highest BCUT2D eigenvalue weighted by molar-refractivity contribution is 6.00. The molecular formula is C16H18O2. The van der Waals surface area contributed by atoms with Gasteiger partial charge in [-0.05, 0) is 30.9 Å². The van der Waals surface area contributed by atoms with Crippen molar-refractivity contribution in [2.45, 2.75) is 26.7 Å². The summed E-state index contributed by atoms with van der Waals surface area (Å²) >= 11 is 0. The molecule has 2 aromatic carbocycles. The molecule has 2 nitrogen and oxygen atoms in total. The summed E-state index contributed by atoms with van der Waals surface area (Å²) in [5, 5.41) is 2.12. The topological polar surface area (TPSA) is 26.3 Å². The summed E-state index contributed by atoms with van der Waals surface area (Å²) in [5.74, 6) is 0.882. The molecule has 2 heteroatoms. The average molecular weight is 242 g/mol. The molecule has 0 radical (unpaired) electrons. The van der Waals surface area contributed by atoms with E-state index < -0.39 is 0 Å². The standard InChI is InChI=1S/C16H18O2/c1-3-4-9-18-16-11-14(12(2)17)10-13-7-5-6-8-15(13)16/h5-8,10-11H,3-4,9H2,1-2H3. The number of unbranched alkanes of at least 4 members (excludes halogenated alkanes) is 1. The Morgan fingerprint density at radius 1 is 1.22 bits per heavy atom. The Morgan fingerprint density at radius 3 is 2.72 bits per heavy atom. The van der Waals surface area contributed by atoms with Crippen LogP contribution in [0.1, 0.15) is 37.0 Å². The number of hydrogen-bond acceptors (Lipinski definition) is 2. The van der Waals surface area contributed by atoms with Crippen molar-refractivity contribution in [1.82, 2.24) is 0 Å². The summed E-state index contributed by atoms with van der Waals surface area (Å²) in [6.45, 7) is 4.41. The Kier molecular flexibility index (Phi) is 3.98. The first kappa shape index (κ1) is 12.6. The van der Waals surface area contributed by atoms with E-state index in [1.54, 1.807) is 6.92 Å². The summed E-state index contributed by atoms with van der Waals surface area (Å²) < 4.78 is 5.80. The zero-order valence-electron chi connectivity index (χ0n) is 10.9. The van der Waals surface area contributed by atoms with E-state index >= 15 is 0 Å². The van der Waals surface area contributed by atoms with Crippen molar-refractivity contribution < 1.29 is 9.53 Å². The maximum Gasteiger partial charge on any atom is 0.159 e. The number of carbonyl (C=O) groups is 1. The van der Waals surface area contributed by atoms with Gasteiger partial charge in [0.05, 0.1) is 6.61 Å². The number of ether oxygens (including phenoxy) is 1. The van der Waals surface area contributed by atoms with Crippen LogP contribution in [0.5, 0.6) is 5.75 Å². The quantitative estimate of drug-likeness (QED) is 0.579. The fourth-order valence-corrected chi connectivity index (χ4v) is 1.92. The SMILES string of the molecule is CCCCOc1cc(C(C)=O)cc2ccccc12. The minimum atomic E-state index is 0.0705. The summed E-state index contributed by atoms with van der Waals surface area (Å²) in [4.78, 5) is 11.5. The first-order chi connectivity index (χ1) is 8.72. The number of benzene rings is 2. The molecule has 2 aromatic rings. The van der Waals surface area contributed by atoms with Crippen LogP contribution in [0.25, 0.3) is 10.8 Å². The fraction of sp³-hybridized carbons (Fsp3) is 0.312. The van der Waals surface area contributed by atoms with E-state index in [1.165, 1.54) is 0 Å². The third kappa shape index (κ3) is 2.70. The van der Waals surface area contributed by atoms with Crippen LogP contribution in [0.15, 0.2) is 36.4 Å². The molecule has 2 rings (SSSR count). The van der Waals surface area contributed by atoms with E-state index in [4.69, 9.17) is 4.74 Å². The molecule has 0 saturated heterocycles. The summed E-state index contributed by atoms with van der Waals surface area (Å²) in [6.07, 6.45) is 2.13. The molecule has 0 amide bonds. The Balaban J connectivity index is 2.43. The van der Waals surface area contributed by atoms with Crippen molar-refractivity contribution in [3.8, 4) is 5.75 Å². The predicted octanol–water partition coefficient (Wildman–Crippen LogP) is 4.22. The second-order valence-corrected chi connectivity index (χ2v) is 4.45. The number of Topliss-reactive ketones (excluding diaryl/α,β-unsaturated/α-hetero) is 1. The number of ketones is 1. The van der Waals surface area contributed by atoms with E-state index in [1.807, 2.05) is 36.4 Å². The lowest BCUT2D eigenvalue weighted by atomic mass is 10.0. The molecule has 0 aliphatic heterocycles. The third-order valence-electron chi connectivity index (χ3n) is 2.99. The Morgan fingerprint density at radius 2 is 2.00 bits per heavy atom. The van der Waals surface area contributed by atoms with Crippen molar-refractivity contribution in [3.05, 3.63) is 42.0 Å². The van der Waals surface area contributed by atoms with Crippen LogP contribution >= 0.6 is 0 Å². The molecule has 0 spiro atoms. The Labute approximate surface area is 108 Å². The minimum absolute atomic E-state index is 0.0705. The molecule has 0 saturated carbocycles. The lowest BCUT2D eigenvalue weighted by Crippen LogP contribution is -2.00. The van der Waals surface area contributed by atoms with E-state index in [0.29, 0.717) is 12.2 Å². The van der Waals surface area contributed by atoms with Gasteiger partial charge in [-0.25, -0.2) is 0 Å². The van der Waals surface area contributed by atoms with Gasteiger partial charge in [0.15, 0.2) is 5.78 Å². The maximum atomic E-state index is 11.5. The molecule has 0 heterocycles. The van der Waals surface area contributed by atoms with Crippen LogP contribution in [-0.4, -0.2) is 12.4 Å². The van der Waals surface area contributed by atoms with Crippen LogP contribution in [0, 0.1) is 0 Å². The van der Waals surface area contributed by atoms with Gasteiger partial charge in [-0.3, -0.25) is 4.79 Å². The van der Waals surface area contributed by atoms with Gasteiger partial charge >= 0.3 is 0 Å². The van der Waals surface area contributed by atoms with Crippen molar-refractivity contribution in [2.24, 2.45) is 0 Å². The monoisotopic (exact) mass is 242 g/mol. The predicted molar refractivity (Wildman–Crippen MR) is 74.4 cm³/mol. The van der Waals surface area contributed by atoms with Gasteiger partial charge in [-0.15, -0.1) is 0 Å². The molecule has 18 heavy (non-hydrogen) atoms. The second kappa shape index (κ2) is 5.67. The van der Waals surface area contributed by atoms with Gasteiger partial charge < -0.3 is 4.74 Å². The highest BCUT2D eigenvalue weighted by Gasteiger charge is 2.07. The minimum Gasteiger partial charge on any atom is -0.493 e. The van der Waals surface area contributed by atoms with Crippen LogP contribution in [0.4, 0.5) is 0 Å². The number of fused-ring (bicyclic) bond motifs is 1. The van der Waals surface area contributed by atoms with Crippen molar-refractivity contribution in [3.63, 3.8) is 0 Å². The highest BCUT2D eigenvalue weighted by Crippen LogP contribution is 2.28. The lowest BCUT2D eigenvalue weighted by molar-refractivity contribution is 0.101. The Bertz CT molecular complexity index is 558. The normalized spacial score (nSPS) is 10.6. The lowest BCUT2D eigenvalue weighted by Gasteiger charge is -2.10. The van der Waals surface area contributed by atoms with E-state index in [9.17, 15) is 4.79 Å². The van der Waals surface area contributed by atoms with E-state index in [-0.39, 0.29) is 5.78 Å². The number of hydrogen-bond donors (Lipinski definition) is 0.